The SMILES string of the molecule is CCOC(=O)Nc1nnc(SCC(=O)NCC(C)C)s1. The summed E-state index contributed by atoms with van der Waals surface area (Å²) in [7, 11) is 0. The van der Waals surface area contributed by atoms with Crippen LogP contribution in [0.25, 0.3) is 0 Å². The third kappa shape index (κ3) is 6.71. The van der Waals surface area contributed by atoms with Crippen LogP contribution in [0.15, 0.2) is 4.34 Å². The first-order valence-corrected chi connectivity index (χ1v) is 7.98. The molecule has 0 radical (unpaired) electrons. The third-order valence-corrected chi connectivity index (χ3v) is 3.90. The van der Waals surface area contributed by atoms with Crippen LogP contribution in [0.2, 0.25) is 0 Å². The summed E-state index contributed by atoms with van der Waals surface area (Å²) in [6.07, 6.45) is -0.560. The van der Waals surface area contributed by atoms with Gasteiger partial charge in [0.05, 0.1) is 12.4 Å². The van der Waals surface area contributed by atoms with Crippen LogP contribution in [0.3, 0.4) is 0 Å². The summed E-state index contributed by atoms with van der Waals surface area (Å²) in [5, 5.41) is 13.3. The molecule has 2 N–H and O–H groups in total. The highest BCUT2D eigenvalue weighted by Gasteiger charge is 2.10. The average Bonchev–Trinajstić information content (AvgIpc) is 2.81. The Kier molecular flexibility index (Phi) is 7.31. The maximum atomic E-state index is 11.5. The van der Waals surface area contributed by atoms with Crippen molar-refractivity contribution in [3.05, 3.63) is 0 Å². The van der Waals surface area contributed by atoms with E-state index in [0.717, 1.165) is 0 Å². The molecule has 0 fully saturated rings. The molecule has 0 bridgehead atoms. The van der Waals surface area contributed by atoms with E-state index in [0.29, 0.717) is 28.5 Å². The Labute approximate surface area is 125 Å². The van der Waals surface area contributed by atoms with E-state index in [1.165, 1.54) is 23.1 Å². The number of aromatic nitrogens is 2. The number of nitrogens with one attached hydrogen (secondary N) is 2. The summed E-state index contributed by atoms with van der Waals surface area (Å²) in [5.74, 6) is 0.658. The minimum Gasteiger partial charge on any atom is -0.450 e. The van der Waals surface area contributed by atoms with E-state index in [-0.39, 0.29) is 11.7 Å². The molecule has 0 aliphatic rings. The minimum absolute atomic E-state index is 0.0428. The monoisotopic (exact) mass is 318 g/mol. The molecule has 0 aliphatic carbocycles. The van der Waals surface area contributed by atoms with Gasteiger partial charge in [-0.05, 0) is 12.8 Å². The number of hydrogen-bond acceptors (Lipinski definition) is 7. The van der Waals surface area contributed by atoms with Crippen molar-refractivity contribution in [2.75, 3.05) is 24.2 Å². The highest BCUT2D eigenvalue weighted by molar-refractivity contribution is 8.01. The second-order valence-corrected chi connectivity index (χ2v) is 6.41. The highest BCUT2D eigenvalue weighted by atomic mass is 32.2. The molecule has 2 amide bonds. The van der Waals surface area contributed by atoms with Gasteiger partial charge in [0, 0.05) is 6.54 Å². The standard InChI is InChI=1S/C11H18N4O3S2/c1-4-18-10(17)13-9-14-15-11(20-9)19-6-8(16)12-5-7(2)3/h7H,4-6H2,1-3H3,(H,12,16)(H,13,14,17). The molecule has 9 heteroatoms. The molecular weight excluding hydrogens is 300 g/mol. The fourth-order valence-electron chi connectivity index (χ4n) is 1.07. The smallest absolute Gasteiger partial charge is 0.413 e. The summed E-state index contributed by atoms with van der Waals surface area (Å²) < 4.78 is 5.35. The molecule has 0 saturated heterocycles. The lowest BCUT2D eigenvalue weighted by molar-refractivity contribution is -0.118. The highest BCUT2D eigenvalue weighted by Crippen LogP contribution is 2.25. The van der Waals surface area contributed by atoms with E-state index >= 15 is 0 Å². The molecule has 0 aromatic carbocycles. The summed E-state index contributed by atoms with van der Waals surface area (Å²) in [4.78, 5) is 22.7. The van der Waals surface area contributed by atoms with E-state index in [4.69, 9.17) is 4.74 Å². The van der Waals surface area contributed by atoms with Crippen LogP contribution in [-0.2, 0) is 9.53 Å². The number of thioether (sulfide) groups is 1. The van der Waals surface area contributed by atoms with Crippen molar-refractivity contribution >= 4 is 40.2 Å². The second kappa shape index (κ2) is 8.75. The lowest BCUT2D eigenvalue weighted by Crippen LogP contribution is -2.28. The van der Waals surface area contributed by atoms with Gasteiger partial charge in [-0.2, -0.15) is 0 Å². The van der Waals surface area contributed by atoms with Crippen LogP contribution in [0.5, 0.6) is 0 Å². The molecule has 112 valence electrons. The first kappa shape index (κ1) is 16.7. The second-order valence-electron chi connectivity index (χ2n) is 4.21. The van der Waals surface area contributed by atoms with E-state index in [9.17, 15) is 9.59 Å². The van der Waals surface area contributed by atoms with E-state index in [2.05, 4.69) is 20.8 Å². The molecule has 0 saturated carbocycles. The van der Waals surface area contributed by atoms with Gasteiger partial charge in [0.15, 0.2) is 4.34 Å². The topological polar surface area (TPSA) is 93.2 Å². The predicted octanol–water partition coefficient (Wildman–Crippen LogP) is 1.97. The Hall–Kier alpha value is -1.35. The number of anilines is 1. The van der Waals surface area contributed by atoms with Crippen LogP contribution in [0, 0.1) is 5.92 Å². The summed E-state index contributed by atoms with van der Waals surface area (Å²) >= 11 is 2.48. The summed E-state index contributed by atoms with van der Waals surface area (Å²) in [5.41, 5.74) is 0. The zero-order valence-corrected chi connectivity index (χ0v) is 13.3. The van der Waals surface area contributed by atoms with Crippen LogP contribution in [-0.4, -0.2) is 41.1 Å². The fraction of sp³-hybridized carbons (Fsp3) is 0.636. The van der Waals surface area contributed by atoms with Crippen LogP contribution in [0.1, 0.15) is 20.8 Å². The quantitative estimate of drug-likeness (QED) is 0.590. The number of carbonyl (C=O) groups is 2. The number of amides is 2. The van der Waals surface area contributed by atoms with E-state index < -0.39 is 6.09 Å². The summed E-state index contributed by atoms with van der Waals surface area (Å²) in [6.45, 7) is 6.74. The summed E-state index contributed by atoms with van der Waals surface area (Å²) in [6, 6.07) is 0. The number of carbonyl (C=O) groups excluding carboxylic acids is 2. The first-order valence-electron chi connectivity index (χ1n) is 6.18. The van der Waals surface area contributed by atoms with Crippen molar-refractivity contribution in [2.24, 2.45) is 5.92 Å². The Morgan fingerprint density at radius 2 is 2.15 bits per heavy atom. The van der Waals surface area contributed by atoms with E-state index in [1.54, 1.807) is 6.92 Å². The van der Waals surface area contributed by atoms with E-state index in [1.807, 2.05) is 13.8 Å². The Morgan fingerprint density at radius 1 is 1.40 bits per heavy atom. The van der Waals surface area contributed by atoms with Crippen LogP contribution in [0.4, 0.5) is 9.93 Å². The van der Waals surface area contributed by atoms with Crippen molar-refractivity contribution in [1.82, 2.24) is 15.5 Å². The third-order valence-electron chi connectivity index (χ3n) is 1.93. The Balaban J connectivity index is 2.33. The lowest BCUT2D eigenvalue weighted by Gasteiger charge is -2.06. The lowest BCUT2D eigenvalue weighted by atomic mass is 10.2. The number of hydrogen-bond donors (Lipinski definition) is 2. The van der Waals surface area contributed by atoms with Crippen LogP contribution >= 0.6 is 23.1 Å². The minimum atomic E-state index is -0.560. The first-order chi connectivity index (χ1) is 9.51. The fourth-order valence-corrected chi connectivity index (χ4v) is 2.64. The Morgan fingerprint density at radius 3 is 2.80 bits per heavy atom. The van der Waals surface area contributed by atoms with Crippen LogP contribution < -0.4 is 10.6 Å². The van der Waals surface area contributed by atoms with Gasteiger partial charge in [0.25, 0.3) is 0 Å². The molecule has 0 aliphatic heterocycles. The number of nitrogens with zero attached hydrogens (tertiary/aromatic N) is 2. The largest absolute Gasteiger partial charge is 0.450 e. The van der Waals surface area contributed by atoms with Gasteiger partial charge >= 0.3 is 6.09 Å². The van der Waals surface area contributed by atoms with Gasteiger partial charge in [-0.1, -0.05) is 36.9 Å². The van der Waals surface area contributed by atoms with Crippen molar-refractivity contribution in [1.29, 1.82) is 0 Å². The predicted molar refractivity (Wildman–Crippen MR) is 79.1 cm³/mol. The van der Waals surface area contributed by atoms with Gasteiger partial charge in [0.1, 0.15) is 0 Å². The Bertz CT molecular complexity index is 451. The molecule has 0 atom stereocenters. The molecule has 20 heavy (non-hydrogen) atoms. The van der Waals surface area contributed by atoms with Crippen molar-refractivity contribution in [3.63, 3.8) is 0 Å². The van der Waals surface area contributed by atoms with Gasteiger partial charge < -0.3 is 10.1 Å². The van der Waals surface area contributed by atoms with Gasteiger partial charge in [-0.3, -0.25) is 10.1 Å². The number of rotatable bonds is 7. The maximum absolute atomic E-state index is 11.5. The van der Waals surface area contributed by atoms with Crippen molar-refractivity contribution in [2.45, 2.75) is 25.1 Å². The van der Waals surface area contributed by atoms with Gasteiger partial charge in [-0.25, -0.2) is 4.79 Å². The zero-order valence-electron chi connectivity index (χ0n) is 11.6. The zero-order chi connectivity index (χ0) is 15.0. The van der Waals surface area contributed by atoms with Crippen molar-refractivity contribution < 1.29 is 14.3 Å². The number of ether oxygens (including phenoxy) is 1. The maximum Gasteiger partial charge on any atom is 0.413 e. The normalized spacial score (nSPS) is 10.4. The molecule has 1 rings (SSSR count). The van der Waals surface area contributed by atoms with Gasteiger partial charge in [0.2, 0.25) is 11.0 Å². The molecule has 1 aromatic heterocycles. The van der Waals surface area contributed by atoms with Gasteiger partial charge in [-0.15, -0.1) is 10.2 Å². The molecule has 0 unspecified atom stereocenters. The molecule has 7 nitrogen and oxygen atoms in total. The molecule has 0 spiro atoms. The molecule has 1 heterocycles. The molecule has 1 aromatic rings. The molecular formula is C11H18N4O3S2. The average molecular weight is 318 g/mol. The van der Waals surface area contributed by atoms with Crippen molar-refractivity contribution in [3.8, 4) is 0 Å².